The van der Waals surface area contributed by atoms with Crippen molar-refractivity contribution >= 4 is 23.6 Å². The van der Waals surface area contributed by atoms with E-state index in [1.165, 1.54) is 6.08 Å². The Bertz CT molecular complexity index is 996. The van der Waals surface area contributed by atoms with E-state index in [4.69, 9.17) is 10.1 Å². The summed E-state index contributed by atoms with van der Waals surface area (Å²) in [5.41, 5.74) is 1.94. The second-order valence-electron chi connectivity index (χ2n) is 6.94. The summed E-state index contributed by atoms with van der Waals surface area (Å²) in [5, 5.41) is 28.5. The van der Waals surface area contributed by atoms with Crippen LogP contribution in [0.1, 0.15) is 28.7 Å². The van der Waals surface area contributed by atoms with Crippen molar-refractivity contribution in [2.75, 3.05) is 37.7 Å². The zero-order valence-electron chi connectivity index (χ0n) is 17.1. The quantitative estimate of drug-likeness (QED) is 0.304. The molecule has 3 N–H and O–H groups in total. The van der Waals surface area contributed by atoms with Gasteiger partial charge < -0.3 is 24.6 Å². The van der Waals surface area contributed by atoms with Gasteiger partial charge in [-0.1, -0.05) is 18.2 Å². The molecule has 1 aromatic carbocycles. The summed E-state index contributed by atoms with van der Waals surface area (Å²) in [4.78, 5) is 19.0. The molecule has 0 saturated carbocycles. The van der Waals surface area contributed by atoms with Crippen LogP contribution in [0.3, 0.4) is 0 Å². The van der Waals surface area contributed by atoms with Crippen LogP contribution < -0.4 is 4.90 Å². The number of aromatic amines is 1. The highest BCUT2D eigenvalue weighted by atomic mass is 16.5. The first-order valence-corrected chi connectivity index (χ1v) is 9.80. The van der Waals surface area contributed by atoms with Gasteiger partial charge in [0.15, 0.2) is 5.75 Å². The van der Waals surface area contributed by atoms with E-state index in [1.54, 1.807) is 13.8 Å². The van der Waals surface area contributed by atoms with Crippen LogP contribution in [0.25, 0.3) is 6.08 Å². The second-order valence-corrected chi connectivity index (χ2v) is 6.94. The third-order valence-corrected chi connectivity index (χ3v) is 5.05. The number of rotatable bonds is 5. The fourth-order valence-electron chi connectivity index (χ4n) is 3.49. The molecule has 0 atom stereocenters. The number of para-hydroxylation sites is 1. The summed E-state index contributed by atoms with van der Waals surface area (Å²) in [6.07, 6.45) is 1.40. The topological polar surface area (TPSA) is 116 Å². The number of esters is 1. The van der Waals surface area contributed by atoms with E-state index in [2.05, 4.69) is 22.0 Å². The SMILES string of the molecule is CCOC(=O)c1c(C)[nH]c(/C=C(/C#N)C(=N)N2CCN(c3ccccc3)CC2)c1O. The molecule has 0 radical (unpaired) electrons. The monoisotopic (exact) mass is 407 g/mol. The number of ether oxygens (including phenoxy) is 1. The van der Waals surface area contributed by atoms with E-state index in [0.717, 1.165) is 18.8 Å². The van der Waals surface area contributed by atoms with Crippen LogP contribution in [0.5, 0.6) is 5.75 Å². The summed E-state index contributed by atoms with van der Waals surface area (Å²) in [7, 11) is 0. The highest BCUT2D eigenvalue weighted by Gasteiger charge is 2.24. The van der Waals surface area contributed by atoms with Crippen molar-refractivity contribution in [1.82, 2.24) is 9.88 Å². The van der Waals surface area contributed by atoms with Gasteiger partial charge in [-0.15, -0.1) is 0 Å². The maximum atomic E-state index is 12.0. The molecular weight excluding hydrogens is 382 g/mol. The average molecular weight is 407 g/mol. The molecule has 156 valence electrons. The van der Waals surface area contributed by atoms with Gasteiger partial charge in [0.05, 0.1) is 17.9 Å². The zero-order valence-corrected chi connectivity index (χ0v) is 17.1. The molecule has 8 heteroatoms. The Labute approximate surface area is 175 Å². The van der Waals surface area contributed by atoms with Gasteiger partial charge in [-0.3, -0.25) is 5.41 Å². The fourth-order valence-corrected chi connectivity index (χ4v) is 3.49. The van der Waals surface area contributed by atoms with Gasteiger partial charge in [-0.25, -0.2) is 4.79 Å². The van der Waals surface area contributed by atoms with Crippen molar-refractivity contribution in [3.8, 4) is 11.8 Å². The number of aromatic nitrogens is 1. The van der Waals surface area contributed by atoms with Gasteiger partial charge in [0.2, 0.25) is 0 Å². The lowest BCUT2D eigenvalue weighted by molar-refractivity contribution is 0.0522. The number of amidine groups is 1. The van der Waals surface area contributed by atoms with E-state index < -0.39 is 5.97 Å². The van der Waals surface area contributed by atoms with Gasteiger partial charge in [-0.2, -0.15) is 5.26 Å². The molecule has 8 nitrogen and oxygen atoms in total. The maximum absolute atomic E-state index is 12.0. The summed E-state index contributed by atoms with van der Waals surface area (Å²) < 4.78 is 4.96. The van der Waals surface area contributed by atoms with Crippen LogP contribution >= 0.6 is 0 Å². The van der Waals surface area contributed by atoms with Crippen molar-refractivity contribution < 1.29 is 14.6 Å². The summed E-state index contributed by atoms with van der Waals surface area (Å²) in [6, 6.07) is 12.1. The van der Waals surface area contributed by atoms with E-state index in [0.29, 0.717) is 18.8 Å². The number of anilines is 1. The Kier molecular flexibility index (Phi) is 6.42. The molecule has 1 aliphatic heterocycles. The summed E-state index contributed by atoms with van der Waals surface area (Å²) in [5.74, 6) is -0.816. The number of nitrogens with one attached hydrogen (secondary N) is 2. The largest absolute Gasteiger partial charge is 0.505 e. The van der Waals surface area contributed by atoms with Crippen LogP contribution in [0, 0.1) is 23.7 Å². The van der Waals surface area contributed by atoms with E-state index in [1.807, 2.05) is 29.2 Å². The van der Waals surface area contributed by atoms with Crippen molar-refractivity contribution in [3.63, 3.8) is 0 Å². The molecule has 30 heavy (non-hydrogen) atoms. The van der Waals surface area contributed by atoms with Crippen LogP contribution in [0.4, 0.5) is 5.69 Å². The lowest BCUT2D eigenvalue weighted by atomic mass is 10.1. The first-order valence-electron chi connectivity index (χ1n) is 9.80. The van der Waals surface area contributed by atoms with Gasteiger partial charge >= 0.3 is 5.97 Å². The van der Waals surface area contributed by atoms with Crippen molar-refractivity contribution in [1.29, 1.82) is 10.7 Å². The van der Waals surface area contributed by atoms with Crippen LogP contribution in [-0.2, 0) is 4.74 Å². The molecule has 1 saturated heterocycles. The molecule has 0 spiro atoms. The Morgan fingerprint density at radius 3 is 2.57 bits per heavy atom. The van der Waals surface area contributed by atoms with Crippen LogP contribution in [0.2, 0.25) is 0 Å². The molecule has 0 amide bonds. The first-order chi connectivity index (χ1) is 14.5. The van der Waals surface area contributed by atoms with Gasteiger partial charge in [0.25, 0.3) is 0 Å². The third kappa shape index (κ3) is 4.30. The Morgan fingerprint density at radius 2 is 1.97 bits per heavy atom. The van der Waals surface area contributed by atoms with Crippen LogP contribution in [0.15, 0.2) is 35.9 Å². The summed E-state index contributed by atoms with van der Waals surface area (Å²) >= 11 is 0. The van der Waals surface area contributed by atoms with E-state index >= 15 is 0 Å². The molecule has 1 aromatic heterocycles. The molecule has 1 fully saturated rings. The average Bonchev–Trinajstić information content (AvgIpc) is 3.05. The molecule has 0 unspecified atom stereocenters. The lowest BCUT2D eigenvalue weighted by Gasteiger charge is -2.37. The first kappa shape index (κ1) is 21.0. The molecular formula is C22H25N5O3. The Hall–Kier alpha value is -3.73. The highest BCUT2D eigenvalue weighted by Crippen LogP contribution is 2.29. The number of nitrogens with zero attached hydrogens (tertiary/aromatic N) is 3. The number of carbonyl (C=O) groups excluding carboxylic acids is 1. The van der Waals surface area contributed by atoms with E-state index in [-0.39, 0.29) is 35.0 Å². The zero-order chi connectivity index (χ0) is 21.7. The van der Waals surface area contributed by atoms with Gasteiger partial charge in [0, 0.05) is 37.6 Å². The normalized spacial score (nSPS) is 14.4. The van der Waals surface area contributed by atoms with Crippen LogP contribution in [-0.4, -0.2) is 59.6 Å². The van der Waals surface area contributed by atoms with Crippen molar-refractivity contribution in [2.24, 2.45) is 0 Å². The lowest BCUT2D eigenvalue weighted by Crippen LogP contribution is -2.48. The molecule has 0 aliphatic carbocycles. The number of hydrogen-bond acceptors (Lipinski definition) is 6. The fraction of sp³-hybridized carbons (Fsp3) is 0.318. The number of hydrogen-bond donors (Lipinski definition) is 3. The predicted octanol–water partition coefficient (Wildman–Crippen LogP) is 2.91. The standard InChI is InChI=1S/C22H25N5O3/c1-3-30-22(29)19-15(2)25-18(20(19)28)13-16(14-23)21(24)27-11-9-26(10-12-27)17-7-5-4-6-8-17/h4-8,13,24-25,28H,3,9-12H2,1-2H3/b16-13-,24-21?. The number of aromatic hydroxyl groups is 1. The molecule has 0 bridgehead atoms. The highest BCUT2D eigenvalue weighted by molar-refractivity contribution is 6.04. The number of piperazine rings is 1. The Balaban J connectivity index is 1.74. The molecule has 2 aromatic rings. The second kappa shape index (κ2) is 9.18. The predicted molar refractivity (Wildman–Crippen MR) is 115 cm³/mol. The minimum atomic E-state index is -0.631. The Morgan fingerprint density at radius 1 is 1.30 bits per heavy atom. The smallest absolute Gasteiger partial charge is 0.343 e. The molecule has 2 heterocycles. The number of benzene rings is 1. The van der Waals surface area contributed by atoms with Crippen molar-refractivity contribution in [3.05, 3.63) is 52.9 Å². The third-order valence-electron chi connectivity index (χ3n) is 5.05. The maximum Gasteiger partial charge on any atom is 0.343 e. The molecule has 3 rings (SSSR count). The van der Waals surface area contributed by atoms with Gasteiger partial charge in [-0.05, 0) is 32.1 Å². The minimum Gasteiger partial charge on any atom is -0.505 e. The number of nitriles is 1. The summed E-state index contributed by atoms with van der Waals surface area (Å²) in [6.45, 7) is 6.22. The van der Waals surface area contributed by atoms with Crippen molar-refractivity contribution in [2.45, 2.75) is 13.8 Å². The molecule has 1 aliphatic rings. The number of carbonyl (C=O) groups is 1. The van der Waals surface area contributed by atoms with E-state index in [9.17, 15) is 15.2 Å². The number of aryl methyl sites for hydroxylation is 1. The van der Waals surface area contributed by atoms with Gasteiger partial charge in [0.1, 0.15) is 17.5 Å². The minimum absolute atomic E-state index is 0.0448. The number of H-pyrrole nitrogens is 1.